The maximum atomic E-state index is 12.5. The Morgan fingerprint density at radius 1 is 1.36 bits per heavy atom. The van der Waals surface area contributed by atoms with Gasteiger partial charge in [-0.25, -0.2) is 0 Å². The Balaban J connectivity index is 1.60. The van der Waals surface area contributed by atoms with E-state index >= 15 is 0 Å². The largest absolute Gasteiger partial charge is 0.339 e. The van der Waals surface area contributed by atoms with Gasteiger partial charge in [0.15, 0.2) is 4.34 Å². The van der Waals surface area contributed by atoms with E-state index in [0.717, 1.165) is 16.5 Å². The highest BCUT2D eigenvalue weighted by Gasteiger charge is 2.41. The van der Waals surface area contributed by atoms with Crippen LogP contribution in [0.4, 0.5) is 5.13 Å². The zero-order chi connectivity index (χ0) is 18.0. The number of likely N-dealkylation sites (tertiary alicyclic amines) is 1. The van der Waals surface area contributed by atoms with Crippen molar-refractivity contribution in [3.05, 3.63) is 0 Å². The van der Waals surface area contributed by atoms with Gasteiger partial charge in [0.25, 0.3) is 0 Å². The lowest BCUT2D eigenvalue weighted by atomic mass is 9.77. The number of carbonyl (C=O) groups is 2. The van der Waals surface area contributed by atoms with Crippen LogP contribution in [-0.4, -0.2) is 45.3 Å². The van der Waals surface area contributed by atoms with Crippen molar-refractivity contribution in [3.63, 3.8) is 0 Å². The average Bonchev–Trinajstić information content (AvgIpc) is 3.17. The van der Waals surface area contributed by atoms with Gasteiger partial charge in [-0.05, 0) is 24.0 Å². The molecule has 2 aliphatic rings. The van der Waals surface area contributed by atoms with Gasteiger partial charge in [0.1, 0.15) is 0 Å². The summed E-state index contributed by atoms with van der Waals surface area (Å²) in [5.41, 5.74) is 0. The molecule has 138 valence electrons. The zero-order valence-corrected chi connectivity index (χ0v) is 16.7. The number of thioether (sulfide) groups is 1. The fourth-order valence-corrected chi connectivity index (χ4v) is 5.52. The summed E-state index contributed by atoms with van der Waals surface area (Å²) in [5, 5.41) is 11.4. The molecule has 0 aromatic carbocycles. The highest BCUT2D eigenvalue weighted by molar-refractivity contribution is 8.01. The van der Waals surface area contributed by atoms with Crippen molar-refractivity contribution in [1.29, 1.82) is 0 Å². The van der Waals surface area contributed by atoms with E-state index < -0.39 is 0 Å². The van der Waals surface area contributed by atoms with Gasteiger partial charge in [-0.15, -0.1) is 10.2 Å². The quantitative estimate of drug-likeness (QED) is 0.625. The molecule has 1 N–H and O–H groups in total. The van der Waals surface area contributed by atoms with Crippen molar-refractivity contribution in [3.8, 4) is 0 Å². The Hall–Kier alpha value is -1.15. The van der Waals surface area contributed by atoms with Crippen LogP contribution >= 0.6 is 23.1 Å². The topological polar surface area (TPSA) is 75.2 Å². The predicted octanol–water partition coefficient (Wildman–Crippen LogP) is 3.26. The molecule has 4 atom stereocenters. The lowest BCUT2D eigenvalue weighted by Crippen LogP contribution is -2.45. The number of anilines is 1. The lowest BCUT2D eigenvalue weighted by molar-refractivity contribution is -0.131. The van der Waals surface area contributed by atoms with Gasteiger partial charge >= 0.3 is 0 Å². The molecule has 1 aliphatic carbocycles. The van der Waals surface area contributed by atoms with Gasteiger partial charge in [-0.1, -0.05) is 56.7 Å². The summed E-state index contributed by atoms with van der Waals surface area (Å²) in [6.07, 6.45) is 3.76. The number of hydrogen-bond acceptors (Lipinski definition) is 6. The molecule has 1 aromatic rings. The van der Waals surface area contributed by atoms with Crippen LogP contribution in [0.25, 0.3) is 0 Å². The van der Waals surface area contributed by atoms with Crippen molar-refractivity contribution in [2.75, 3.05) is 17.6 Å². The van der Waals surface area contributed by atoms with Gasteiger partial charge in [-0.2, -0.15) is 0 Å². The minimum absolute atomic E-state index is 0.114. The van der Waals surface area contributed by atoms with Crippen LogP contribution < -0.4 is 5.32 Å². The van der Waals surface area contributed by atoms with E-state index in [2.05, 4.69) is 36.3 Å². The van der Waals surface area contributed by atoms with Crippen molar-refractivity contribution < 1.29 is 9.59 Å². The van der Waals surface area contributed by atoms with Crippen LogP contribution in [0.5, 0.6) is 0 Å². The molecule has 0 unspecified atom stereocenters. The van der Waals surface area contributed by atoms with Gasteiger partial charge in [-0.3, -0.25) is 9.59 Å². The molecule has 0 bridgehead atoms. The second-order valence-electron chi connectivity index (χ2n) is 7.08. The molecule has 25 heavy (non-hydrogen) atoms. The molecule has 2 fully saturated rings. The van der Waals surface area contributed by atoms with Crippen molar-refractivity contribution in [2.24, 2.45) is 17.8 Å². The molecular formula is C17H26N4O2S2. The molecule has 0 spiro atoms. The molecule has 2 heterocycles. The second-order valence-corrected chi connectivity index (χ2v) is 9.57. The maximum absolute atomic E-state index is 12.5. The van der Waals surface area contributed by atoms with E-state index in [1.807, 2.05) is 4.90 Å². The smallest absolute Gasteiger partial charge is 0.231 e. The van der Waals surface area contributed by atoms with Crippen LogP contribution in [0.1, 0.15) is 46.5 Å². The van der Waals surface area contributed by atoms with Gasteiger partial charge in [0.2, 0.25) is 16.9 Å². The maximum Gasteiger partial charge on any atom is 0.231 e. The summed E-state index contributed by atoms with van der Waals surface area (Å²) in [6.45, 7) is 7.09. The molecule has 1 aliphatic heterocycles. The Morgan fingerprint density at radius 2 is 2.16 bits per heavy atom. The Bertz CT molecular complexity index is 636. The first-order valence-electron chi connectivity index (χ1n) is 9.06. The van der Waals surface area contributed by atoms with Gasteiger partial charge < -0.3 is 10.2 Å². The summed E-state index contributed by atoms with van der Waals surface area (Å²) in [4.78, 5) is 27.0. The zero-order valence-electron chi connectivity index (χ0n) is 15.0. The fourth-order valence-electron chi connectivity index (χ4n) is 3.87. The molecule has 2 amide bonds. The van der Waals surface area contributed by atoms with Crippen LogP contribution in [-0.2, 0) is 9.59 Å². The SMILES string of the molecule is CCSc1nnc(NC(=O)[C@H]2CC(=O)N([C@@H]3CCC[C@H](C)[C@@H]3C)C2)s1. The van der Waals surface area contributed by atoms with Crippen molar-refractivity contribution in [1.82, 2.24) is 15.1 Å². The number of rotatable bonds is 5. The van der Waals surface area contributed by atoms with Crippen LogP contribution in [0.2, 0.25) is 0 Å². The molecule has 0 radical (unpaired) electrons. The van der Waals surface area contributed by atoms with E-state index in [4.69, 9.17) is 0 Å². The second kappa shape index (κ2) is 8.03. The third-order valence-electron chi connectivity index (χ3n) is 5.50. The van der Waals surface area contributed by atoms with Gasteiger partial charge in [0.05, 0.1) is 5.92 Å². The number of nitrogens with one attached hydrogen (secondary N) is 1. The lowest BCUT2D eigenvalue weighted by Gasteiger charge is -2.40. The first-order valence-corrected chi connectivity index (χ1v) is 10.9. The molecule has 6 nitrogen and oxygen atoms in total. The Morgan fingerprint density at radius 3 is 2.92 bits per heavy atom. The monoisotopic (exact) mass is 382 g/mol. The van der Waals surface area contributed by atoms with Crippen LogP contribution in [0.3, 0.4) is 0 Å². The number of nitrogens with zero attached hydrogens (tertiary/aromatic N) is 3. The molecule has 1 aromatic heterocycles. The third-order valence-corrected chi connectivity index (χ3v) is 7.35. The molecule has 3 rings (SSSR count). The van der Waals surface area contributed by atoms with E-state index in [-0.39, 0.29) is 23.8 Å². The van der Waals surface area contributed by atoms with Crippen molar-refractivity contribution in [2.45, 2.75) is 56.8 Å². The first kappa shape index (κ1) is 18.6. The number of carbonyl (C=O) groups excluding carboxylic acids is 2. The third kappa shape index (κ3) is 4.16. The van der Waals surface area contributed by atoms with Crippen LogP contribution in [0.15, 0.2) is 4.34 Å². The first-order chi connectivity index (χ1) is 12.0. The summed E-state index contributed by atoms with van der Waals surface area (Å²) < 4.78 is 0.854. The highest BCUT2D eigenvalue weighted by Crippen LogP contribution is 2.36. The van der Waals surface area contributed by atoms with E-state index in [9.17, 15) is 9.59 Å². The van der Waals surface area contributed by atoms with E-state index in [1.54, 1.807) is 11.8 Å². The normalized spacial score (nSPS) is 29.9. The average molecular weight is 383 g/mol. The van der Waals surface area contributed by atoms with E-state index in [1.165, 1.54) is 24.2 Å². The minimum Gasteiger partial charge on any atom is -0.339 e. The Labute approximate surface area is 157 Å². The molecular weight excluding hydrogens is 356 g/mol. The fraction of sp³-hybridized carbons (Fsp3) is 0.765. The summed E-state index contributed by atoms with van der Waals surface area (Å²) >= 11 is 2.99. The molecule has 1 saturated carbocycles. The summed E-state index contributed by atoms with van der Waals surface area (Å²) in [5.74, 6) is 1.77. The Kier molecular flexibility index (Phi) is 5.99. The molecule has 8 heteroatoms. The minimum atomic E-state index is -0.289. The number of aromatic nitrogens is 2. The highest BCUT2D eigenvalue weighted by atomic mass is 32.2. The number of hydrogen-bond donors (Lipinski definition) is 1. The predicted molar refractivity (Wildman–Crippen MR) is 101 cm³/mol. The standard InChI is InChI=1S/C17H26N4O2S2/c1-4-24-17-20-19-16(25-17)18-15(23)12-8-14(22)21(9-12)13-7-5-6-10(2)11(13)3/h10-13H,4-9H2,1-3H3,(H,18,19,23)/t10-,11-,12-,13+/m0/s1. The van der Waals surface area contributed by atoms with E-state index in [0.29, 0.717) is 29.9 Å². The van der Waals surface area contributed by atoms with Crippen LogP contribution in [0, 0.1) is 17.8 Å². The van der Waals surface area contributed by atoms with Gasteiger partial charge in [0, 0.05) is 19.0 Å². The summed E-state index contributed by atoms with van der Waals surface area (Å²) in [6, 6.07) is 0.281. The number of amides is 2. The molecule has 1 saturated heterocycles. The van der Waals surface area contributed by atoms with Crippen molar-refractivity contribution >= 4 is 40.0 Å². The summed E-state index contributed by atoms with van der Waals surface area (Å²) in [7, 11) is 0.